The van der Waals surface area contributed by atoms with Gasteiger partial charge in [0.1, 0.15) is 31.7 Å². The zero-order chi connectivity index (χ0) is 29.1. The van der Waals surface area contributed by atoms with Gasteiger partial charge in [0.25, 0.3) is 5.91 Å². The molecular formula is C34H31N3O4S. The van der Waals surface area contributed by atoms with Crippen LogP contribution in [0.15, 0.2) is 120 Å². The van der Waals surface area contributed by atoms with Gasteiger partial charge in [-0.25, -0.2) is 0 Å². The van der Waals surface area contributed by atoms with Crippen LogP contribution in [0.25, 0.3) is 0 Å². The lowest BCUT2D eigenvalue weighted by Gasteiger charge is -2.44. The molecule has 0 saturated carbocycles. The SMILES string of the molecule is C=CCOc1cccc2c1C(N1CN(CC=C)C(=O)c3c(OCc4ccccc4)c(=O)ccn31)c1ccccc1SC2. The van der Waals surface area contributed by atoms with Crippen molar-refractivity contribution in [1.29, 1.82) is 0 Å². The Morgan fingerprint density at radius 3 is 2.52 bits per heavy atom. The van der Waals surface area contributed by atoms with Crippen molar-refractivity contribution in [1.82, 2.24) is 9.58 Å². The van der Waals surface area contributed by atoms with Crippen molar-refractivity contribution in [2.24, 2.45) is 0 Å². The summed E-state index contributed by atoms with van der Waals surface area (Å²) in [6.07, 6.45) is 5.10. The van der Waals surface area contributed by atoms with Crippen molar-refractivity contribution in [2.75, 3.05) is 24.8 Å². The van der Waals surface area contributed by atoms with E-state index in [-0.39, 0.29) is 42.1 Å². The van der Waals surface area contributed by atoms with E-state index >= 15 is 0 Å². The van der Waals surface area contributed by atoms with Crippen LogP contribution in [0.1, 0.15) is 38.8 Å². The molecule has 3 aromatic carbocycles. The Hall–Kier alpha value is -4.69. The average molecular weight is 578 g/mol. The fourth-order valence-electron chi connectivity index (χ4n) is 5.51. The fraction of sp³-hybridized carbons (Fsp3) is 0.176. The van der Waals surface area contributed by atoms with Crippen LogP contribution in [0.3, 0.4) is 0 Å². The number of pyridine rings is 1. The first-order valence-corrected chi connectivity index (χ1v) is 14.8. The molecule has 0 radical (unpaired) electrons. The molecule has 6 rings (SSSR count). The number of carbonyl (C=O) groups is 1. The summed E-state index contributed by atoms with van der Waals surface area (Å²) in [5, 5.41) is 2.11. The highest BCUT2D eigenvalue weighted by Gasteiger charge is 2.39. The van der Waals surface area contributed by atoms with Gasteiger partial charge in [0.2, 0.25) is 5.43 Å². The summed E-state index contributed by atoms with van der Waals surface area (Å²) >= 11 is 1.77. The predicted octanol–water partition coefficient (Wildman–Crippen LogP) is 5.92. The van der Waals surface area contributed by atoms with Gasteiger partial charge in [-0.1, -0.05) is 79.4 Å². The van der Waals surface area contributed by atoms with Crippen LogP contribution >= 0.6 is 11.8 Å². The first kappa shape index (κ1) is 27.5. The third kappa shape index (κ3) is 5.10. The first-order valence-electron chi connectivity index (χ1n) is 13.8. The summed E-state index contributed by atoms with van der Waals surface area (Å²) < 4.78 is 14.1. The van der Waals surface area contributed by atoms with Gasteiger partial charge in [-0.3, -0.25) is 19.3 Å². The van der Waals surface area contributed by atoms with Crippen LogP contribution in [0, 0.1) is 0 Å². The molecule has 0 saturated heterocycles. The Morgan fingerprint density at radius 2 is 1.71 bits per heavy atom. The number of hydrogen-bond acceptors (Lipinski definition) is 6. The number of ether oxygens (including phenoxy) is 2. The number of carbonyl (C=O) groups excluding carboxylic acids is 1. The van der Waals surface area contributed by atoms with Gasteiger partial charge in [-0.15, -0.1) is 18.3 Å². The Morgan fingerprint density at radius 1 is 0.905 bits per heavy atom. The van der Waals surface area contributed by atoms with E-state index in [1.807, 2.05) is 54.6 Å². The van der Waals surface area contributed by atoms with Crippen LogP contribution in [-0.4, -0.2) is 35.3 Å². The first-order chi connectivity index (χ1) is 20.6. The minimum Gasteiger partial charge on any atom is -0.489 e. The highest BCUT2D eigenvalue weighted by Crippen LogP contribution is 2.46. The summed E-state index contributed by atoms with van der Waals surface area (Å²) in [5.74, 6) is 1.25. The van der Waals surface area contributed by atoms with E-state index in [1.54, 1.807) is 39.7 Å². The molecule has 3 heterocycles. The molecule has 1 unspecified atom stereocenters. The Labute approximate surface area is 249 Å². The van der Waals surface area contributed by atoms with Crippen molar-refractivity contribution in [3.63, 3.8) is 0 Å². The maximum absolute atomic E-state index is 14.0. The molecule has 2 aliphatic heterocycles. The molecule has 4 aromatic rings. The van der Waals surface area contributed by atoms with Gasteiger partial charge < -0.3 is 14.4 Å². The monoisotopic (exact) mass is 577 g/mol. The number of thioether (sulfide) groups is 1. The minimum absolute atomic E-state index is 0.0258. The summed E-state index contributed by atoms with van der Waals surface area (Å²) in [7, 11) is 0. The lowest BCUT2D eigenvalue weighted by molar-refractivity contribution is 0.0698. The van der Waals surface area contributed by atoms with E-state index in [0.29, 0.717) is 13.2 Å². The third-order valence-corrected chi connectivity index (χ3v) is 8.51. The smallest absolute Gasteiger partial charge is 0.278 e. The molecule has 7 nitrogen and oxygen atoms in total. The van der Waals surface area contributed by atoms with Gasteiger partial charge in [-0.05, 0) is 28.8 Å². The average Bonchev–Trinajstić information content (AvgIpc) is 3.19. The molecule has 8 heteroatoms. The largest absolute Gasteiger partial charge is 0.489 e. The zero-order valence-corrected chi connectivity index (χ0v) is 24.0. The molecule has 0 fully saturated rings. The van der Waals surface area contributed by atoms with Crippen LogP contribution < -0.4 is 19.9 Å². The van der Waals surface area contributed by atoms with Gasteiger partial charge in [-0.2, -0.15) is 0 Å². The van der Waals surface area contributed by atoms with Crippen molar-refractivity contribution in [3.8, 4) is 11.5 Å². The second kappa shape index (κ2) is 12.0. The molecule has 0 aliphatic carbocycles. The number of amides is 1. The van der Waals surface area contributed by atoms with Crippen LogP contribution in [0.2, 0.25) is 0 Å². The van der Waals surface area contributed by atoms with Gasteiger partial charge in [0.05, 0.1) is 0 Å². The zero-order valence-electron chi connectivity index (χ0n) is 23.1. The van der Waals surface area contributed by atoms with Gasteiger partial charge >= 0.3 is 0 Å². The summed E-state index contributed by atoms with van der Waals surface area (Å²) in [5.41, 5.74) is 3.97. The van der Waals surface area contributed by atoms with Crippen LogP contribution in [-0.2, 0) is 12.4 Å². The van der Waals surface area contributed by atoms with Crippen molar-refractivity contribution in [2.45, 2.75) is 23.3 Å². The maximum Gasteiger partial charge on any atom is 0.278 e. The summed E-state index contributed by atoms with van der Waals surface area (Å²) in [6.45, 7) is 8.81. The number of rotatable bonds is 9. The third-order valence-electron chi connectivity index (χ3n) is 7.37. The van der Waals surface area contributed by atoms with Crippen molar-refractivity contribution < 1.29 is 14.3 Å². The molecule has 0 bridgehead atoms. The molecule has 212 valence electrons. The number of fused-ring (bicyclic) bond motifs is 3. The molecule has 1 amide bonds. The number of benzene rings is 3. The Kier molecular flexibility index (Phi) is 7.88. The second-order valence-corrected chi connectivity index (χ2v) is 11.0. The molecule has 42 heavy (non-hydrogen) atoms. The Balaban J connectivity index is 1.56. The lowest BCUT2D eigenvalue weighted by Crippen LogP contribution is -2.55. The van der Waals surface area contributed by atoms with E-state index in [1.165, 1.54) is 6.07 Å². The van der Waals surface area contributed by atoms with Crippen LogP contribution in [0.5, 0.6) is 11.5 Å². The fourth-order valence-corrected chi connectivity index (χ4v) is 6.59. The lowest BCUT2D eigenvalue weighted by atomic mass is 9.93. The van der Waals surface area contributed by atoms with Crippen molar-refractivity contribution in [3.05, 3.63) is 149 Å². The Bertz CT molecular complexity index is 1700. The molecular weight excluding hydrogens is 546 g/mol. The van der Waals surface area contributed by atoms with E-state index in [4.69, 9.17) is 9.47 Å². The normalized spacial score (nSPS) is 15.6. The maximum atomic E-state index is 14.0. The van der Waals surface area contributed by atoms with Gasteiger partial charge in [0, 0.05) is 35.0 Å². The predicted molar refractivity (Wildman–Crippen MR) is 166 cm³/mol. The van der Waals surface area contributed by atoms with E-state index in [0.717, 1.165) is 38.7 Å². The van der Waals surface area contributed by atoms with E-state index < -0.39 is 0 Å². The topological polar surface area (TPSA) is 64.0 Å². The molecule has 1 atom stereocenters. The highest BCUT2D eigenvalue weighted by molar-refractivity contribution is 7.98. The quantitative estimate of drug-likeness (QED) is 0.230. The van der Waals surface area contributed by atoms with Gasteiger partial charge in [0.15, 0.2) is 11.4 Å². The standard InChI is InChI=1S/C34H31N3O4S/c1-3-18-35-23-37(36-19-17-27(38)33(32(36)34(35)39)41-21-24-11-6-5-7-12-24)31-26-14-8-9-16-29(26)42-22-25-13-10-15-28(30(25)31)40-20-4-2/h3-17,19,31H,1-2,18,20-23H2. The summed E-state index contributed by atoms with van der Waals surface area (Å²) in [6, 6.07) is 25.1. The van der Waals surface area contributed by atoms with Crippen molar-refractivity contribution >= 4 is 17.7 Å². The molecule has 2 aliphatic rings. The molecule has 0 spiro atoms. The number of hydrogen-bond donors (Lipinski definition) is 0. The highest BCUT2D eigenvalue weighted by atomic mass is 32.2. The van der Waals surface area contributed by atoms with E-state index in [9.17, 15) is 9.59 Å². The number of nitrogens with zero attached hydrogens (tertiary/aromatic N) is 3. The van der Waals surface area contributed by atoms with E-state index in [2.05, 4.69) is 36.4 Å². The minimum atomic E-state index is -0.349. The molecule has 1 aromatic heterocycles. The second-order valence-electron chi connectivity index (χ2n) is 10.0. The summed E-state index contributed by atoms with van der Waals surface area (Å²) in [4.78, 5) is 30.0. The number of aromatic nitrogens is 1. The van der Waals surface area contributed by atoms with Crippen LogP contribution in [0.4, 0.5) is 0 Å². The molecule has 0 N–H and O–H groups in total.